The summed E-state index contributed by atoms with van der Waals surface area (Å²) in [5, 5.41) is 2.56. The maximum atomic E-state index is 6.67. The first-order valence-electron chi connectivity index (χ1n) is 22.7. The molecule has 3 heterocycles. The van der Waals surface area contributed by atoms with Crippen molar-refractivity contribution >= 4 is 60.3 Å². The van der Waals surface area contributed by atoms with Gasteiger partial charge in [0.05, 0.1) is 10.8 Å². The van der Waals surface area contributed by atoms with Crippen LogP contribution in [-0.2, 0) is 10.8 Å². The molecule has 15 rings (SSSR count). The van der Waals surface area contributed by atoms with Gasteiger partial charge in [-0.2, -0.15) is 0 Å². The molecule has 2 aliphatic carbocycles. The van der Waals surface area contributed by atoms with Crippen LogP contribution in [0.1, 0.15) is 44.5 Å². The Morgan fingerprint density at radius 2 is 0.788 bits per heavy atom. The Kier molecular flexibility index (Phi) is 7.48. The maximum Gasteiger partial charge on any atom is 0.132 e. The average Bonchev–Trinajstić information content (AvgIpc) is 3.99. The minimum atomic E-state index is -0.541. The molecule has 0 bridgehead atoms. The van der Waals surface area contributed by atoms with E-state index in [2.05, 4.69) is 229 Å². The van der Waals surface area contributed by atoms with E-state index in [9.17, 15) is 0 Å². The summed E-state index contributed by atoms with van der Waals surface area (Å²) in [6.45, 7) is 0. The molecule has 10 aromatic carbocycles. The zero-order valence-corrected chi connectivity index (χ0v) is 37.2. The van der Waals surface area contributed by atoms with Gasteiger partial charge in [-0.05, 0) is 128 Å². The summed E-state index contributed by atoms with van der Waals surface area (Å²) in [6, 6.07) is 83.9. The van der Waals surface area contributed by atoms with Gasteiger partial charge in [0.1, 0.15) is 11.5 Å². The molecule has 308 valence electrons. The smallest absolute Gasteiger partial charge is 0.132 e. The summed E-state index contributed by atoms with van der Waals surface area (Å²) in [7, 11) is 0. The first-order valence-corrected chi connectivity index (χ1v) is 24.3. The zero-order valence-electron chi connectivity index (χ0n) is 35.5. The Balaban J connectivity index is 1.01. The Morgan fingerprint density at radius 3 is 1.50 bits per heavy atom. The molecular weight excluding hydrogens is 839 g/mol. The first kappa shape index (κ1) is 36.7. The van der Waals surface area contributed by atoms with Gasteiger partial charge < -0.3 is 9.64 Å². The molecule has 0 atom stereocenters. The van der Waals surface area contributed by atoms with Crippen LogP contribution in [0.25, 0.3) is 42.4 Å². The molecule has 0 amide bonds. The zero-order chi connectivity index (χ0) is 43.1. The van der Waals surface area contributed by atoms with E-state index in [-0.39, 0.29) is 0 Å². The van der Waals surface area contributed by atoms with Gasteiger partial charge in [0.15, 0.2) is 0 Å². The lowest BCUT2D eigenvalue weighted by Crippen LogP contribution is -2.32. The number of para-hydroxylation sites is 2. The Labute approximate surface area is 391 Å². The van der Waals surface area contributed by atoms with Gasteiger partial charge >= 0.3 is 0 Å². The average molecular weight is 876 g/mol. The maximum absolute atomic E-state index is 6.67. The van der Waals surface area contributed by atoms with Gasteiger partial charge in [0, 0.05) is 58.2 Å². The lowest BCUT2D eigenvalue weighted by molar-refractivity contribution is 0.436. The number of fused-ring (bicyclic) bond motifs is 21. The molecule has 4 aliphatic rings. The minimum absolute atomic E-state index is 0.493. The molecule has 0 N–H and O–H groups in total. The number of rotatable bonds is 3. The van der Waals surface area contributed by atoms with Gasteiger partial charge in [0.25, 0.3) is 0 Å². The van der Waals surface area contributed by atoms with Gasteiger partial charge in [0.2, 0.25) is 0 Å². The number of benzene rings is 10. The fourth-order valence-electron chi connectivity index (χ4n) is 12.3. The van der Waals surface area contributed by atoms with E-state index in [4.69, 9.17) is 4.74 Å². The van der Waals surface area contributed by atoms with Gasteiger partial charge in [-0.25, -0.2) is 0 Å². The van der Waals surface area contributed by atoms with Crippen molar-refractivity contribution < 1.29 is 4.74 Å². The van der Waals surface area contributed by atoms with Gasteiger partial charge in [-0.15, -0.1) is 11.3 Å². The van der Waals surface area contributed by atoms with Crippen LogP contribution in [0, 0.1) is 0 Å². The SMILES string of the molecule is c1ccc2c(c1)Oc1ccccc1C21c2ccccc2-c2cc(N(c3ccc4c(c3)C3(c5ccccc5Sc5ccccc53)c3ccccc3-4)c3ccc4sc5ccccc5c4c3)ccc21. The van der Waals surface area contributed by atoms with Gasteiger partial charge in [-0.3, -0.25) is 0 Å². The molecule has 0 unspecified atom stereocenters. The van der Waals surface area contributed by atoms with Crippen LogP contribution in [0.3, 0.4) is 0 Å². The van der Waals surface area contributed by atoms with Crippen molar-refractivity contribution in [2.45, 2.75) is 20.6 Å². The highest BCUT2D eigenvalue weighted by molar-refractivity contribution is 7.99. The Bertz CT molecular complexity index is 3790. The molecule has 2 aliphatic heterocycles. The summed E-state index contributed by atoms with van der Waals surface area (Å²) in [5.74, 6) is 1.80. The Hall–Kier alpha value is -7.63. The van der Waals surface area contributed by atoms with E-state index in [1.807, 2.05) is 23.1 Å². The van der Waals surface area contributed by atoms with Crippen molar-refractivity contribution in [1.29, 1.82) is 0 Å². The highest BCUT2D eigenvalue weighted by atomic mass is 32.2. The van der Waals surface area contributed by atoms with Crippen LogP contribution in [-0.4, -0.2) is 0 Å². The minimum Gasteiger partial charge on any atom is -0.457 e. The highest BCUT2D eigenvalue weighted by Gasteiger charge is 2.52. The number of ether oxygens (including phenoxy) is 1. The summed E-state index contributed by atoms with van der Waals surface area (Å²) in [5.41, 5.74) is 17.6. The molecule has 4 heteroatoms. The molecule has 0 fully saturated rings. The van der Waals surface area contributed by atoms with E-state index in [1.54, 1.807) is 0 Å². The predicted molar refractivity (Wildman–Crippen MR) is 273 cm³/mol. The number of hydrogen-bond donors (Lipinski definition) is 0. The molecule has 2 nitrogen and oxygen atoms in total. The van der Waals surface area contributed by atoms with Crippen LogP contribution in [0.15, 0.2) is 234 Å². The number of hydrogen-bond acceptors (Lipinski definition) is 4. The molecule has 0 radical (unpaired) electrons. The fraction of sp³-hybridized carbons (Fsp3) is 0.0323. The fourth-order valence-corrected chi connectivity index (χ4v) is 14.5. The van der Waals surface area contributed by atoms with E-state index >= 15 is 0 Å². The monoisotopic (exact) mass is 875 g/mol. The van der Waals surface area contributed by atoms with Crippen molar-refractivity contribution in [2.24, 2.45) is 0 Å². The number of anilines is 3. The third-order valence-corrected chi connectivity index (χ3v) is 17.1. The van der Waals surface area contributed by atoms with Crippen molar-refractivity contribution in [3.8, 4) is 33.8 Å². The summed E-state index contributed by atoms with van der Waals surface area (Å²) < 4.78 is 9.27. The van der Waals surface area contributed by atoms with Crippen molar-refractivity contribution in [3.63, 3.8) is 0 Å². The number of thiophene rings is 1. The van der Waals surface area contributed by atoms with E-state index < -0.39 is 10.8 Å². The Morgan fingerprint density at radius 1 is 0.318 bits per heavy atom. The van der Waals surface area contributed by atoms with Crippen LogP contribution in [0.2, 0.25) is 0 Å². The quantitative estimate of drug-likeness (QED) is 0.175. The molecule has 0 saturated carbocycles. The highest BCUT2D eigenvalue weighted by Crippen LogP contribution is 2.65. The van der Waals surface area contributed by atoms with Crippen LogP contribution < -0.4 is 9.64 Å². The molecule has 11 aromatic rings. The topological polar surface area (TPSA) is 12.5 Å². The van der Waals surface area contributed by atoms with Crippen molar-refractivity contribution in [1.82, 2.24) is 0 Å². The van der Waals surface area contributed by atoms with Gasteiger partial charge in [-0.1, -0.05) is 163 Å². The van der Waals surface area contributed by atoms with Crippen LogP contribution in [0.4, 0.5) is 17.1 Å². The second-order valence-electron chi connectivity index (χ2n) is 17.9. The second-order valence-corrected chi connectivity index (χ2v) is 20.0. The molecule has 0 saturated heterocycles. The lowest BCUT2D eigenvalue weighted by Gasteiger charge is -2.40. The normalized spacial score (nSPS) is 14.7. The largest absolute Gasteiger partial charge is 0.457 e. The standard InChI is InChI=1S/C62H37NOS2/c1-4-18-47-41(15-1)43-32-29-40(37-54(43)62(47)52-22-8-13-27-59(52)66-60-28-14-9-23-53(60)62)63(39-31-34-58-46(36-39)44-17-3-12-26-57(44)65-58)38-30-33-49-45(35-38)42-16-2-5-19-48(42)61(49)50-20-6-10-24-55(50)64-56-25-11-7-21-51(56)61/h1-37H. The summed E-state index contributed by atoms with van der Waals surface area (Å²) in [6.07, 6.45) is 0. The summed E-state index contributed by atoms with van der Waals surface area (Å²) >= 11 is 3.75. The van der Waals surface area contributed by atoms with E-state index in [1.165, 1.54) is 96.7 Å². The van der Waals surface area contributed by atoms with E-state index in [0.717, 1.165) is 28.6 Å². The third kappa shape index (κ3) is 4.67. The van der Waals surface area contributed by atoms with Crippen molar-refractivity contribution in [2.75, 3.05) is 4.90 Å². The van der Waals surface area contributed by atoms with E-state index in [0.29, 0.717) is 0 Å². The molecule has 66 heavy (non-hydrogen) atoms. The van der Waals surface area contributed by atoms with Crippen LogP contribution in [0.5, 0.6) is 11.5 Å². The van der Waals surface area contributed by atoms with Crippen LogP contribution >= 0.6 is 23.1 Å². The first-order chi connectivity index (χ1) is 32.7. The predicted octanol–water partition coefficient (Wildman–Crippen LogP) is 16.8. The summed E-state index contributed by atoms with van der Waals surface area (Å²) in [4.78, 5) is 5.12. The van der Waals surface area contributed by atoms with Crippen molar-refractivity contribution in [3.05, 3.63) is 269 Å². The molecule has 2 spiro atoms. The molecule has 1 aromatic heterocycles. The number of nitrogens with zero attached hydrogens (tertiary/aromatic N) is 1. The molecular formula is C62H37NOS2. The second kappa shape index (κ2) is 13.5. The third-order valence-electron chi connectivity index (χ3n) is 14.8. The lowest BCUT2D eigenvalue weighted by atomic mass is 9.66.